The lowest BCUT2D eigenvalue weighted by Crippen LogP contribution is -2.11. The van der Waals surface area contributed by atoms with Crippen molar-refractivity contribution < 1.29 is 22.6 Å². The van der Waals surface area contributed by atoms with E-state index >= 15 is 0 Å². The summed E-state index contributed by atoms with van der Waals surface area (Å²) in [4.78, 5) is 0. The van der Waals surface area contributed by atoms with E-state index in [1.54, 1.807) is 18.2 Å². The number of ether oxygens (including phenoxy) is 2. The highest BCUT2D eigenvalue weighted by Crippen LogP contribution is 2.31. The smallest absolute Gasteiger partial charge is 0.389 e. The van der Waals surface area contributed by atoms with Gasteiger partial charge in [-0.05, 0) is 12.5 Å². The highest BCUT2D eigenvalue weighted by molar-refractivity contribution is 5.46. The molecule has 1 rings (SSSR count). The zero-order valence-corrected chi connectivity index (χ0v) is 10.1. The zero-order valence-electron chi connectivity index (χ0n) is 10.1. The summed E-state index contributed by atoms with van der Waals surface area (Å²) < 4.78 is 46.3. The molecule has 0 unspecified atom stereocenters. The molecule has 0 atom stereocenters. The lowest BCUT2D eigenvalue weighted by atomic mass is 10.2. The summed E-state index contributed by atoms with van der Waals surface area (Å²) in [6.07, 6.45) is -5.10. The predicted molar refractivity (Wildman–Crippen MR) is 61.7 cm³/mol. The first-order valence-corrected chi connectivity index (χ1v) is 5.53. The Kier molecular flexibility index (Phi) is 5.27. The number of hydrogen-bond acceptors (Lipinski definition) is 3. The van der Waals surface area contributed by atoms with Gasteiger partial charge in [0.05, 0.1) is 13.7 Å². The number of benzene rings is 1. The Morgan fingerprint density at radius 1 is 1.28 bits per heavy atom. The van der Waals surface area contributed by atoms with Crippen molar-refractivity contribution in [1.29, 1.82) is 0 Å². The van der Waals surface area contributed by atoms with E-state index in [1.165, 1.54) is 7.11 Å². The number of alkyl halides is 3. The van der Waals surface area contributed by atoms with Crippen LogP contribution in [0.1, 0.15) is 18.4 Å². The van der Waals surface area contributed by atoms with Crippen LogP contribution in [0.3, 0.4) is 0 Å². The molecule has 0 amide bonds. The van der Waals surface area contributed by atoms with E-state index in [-0.39, 0.29) is 19.6 Å². The van der Waals surface area contributed by atoms with E-state index in [0.29, 0.717) is 17.1 Å². The van der Waals surface area contributed by atoms with Gasteiger partial charge < -0.3 is 15.2 Å². The Bertz CT molecular complexity index is 358. The van der Waals surface area contributed by atoms with Gasteiger partial charge in [-0.25, -0.2) is 0 Å². The molecule has 0 saturated carbocycles. The third-order valence-corrected chi connectivity index (χ3v) is 2.35. The summed E-state index contributed by atoms with van der Waals surface area (Å²) in [6.45, 7) is 0.221. The number of halogens is 3. The van der Waals surface area contributed by atoms with Gasteiger partial charge in [-0.2, -0.15) is 13.2 Å². The van der Waals surface area contributed by atoms with Crippen molar-refractivity contribution in [2.45, 2.75) is 25.6 Å². The van der Waals surface area contributed by atoms with Gasteiger partial charge in [0.1, 0.15) is 0 Å². The SMILES string of the molecule is COc1cccc(CN)c1OCCCC(F)(F)F. The van der Waals surface area contributed by atoms with Crippen LogP contribution >= 0.6 is 0 Å². The minimum absolute atomic E-state index is 0.0209. The summed E-state index contributed by atoms with van der Waals surface area (Å²) in [5.74, 6) is 0.898. The van der Waals surface area contributed by atoms with E-state index in [9.17, 15) is 13.2 Å². The van der Waals surface area contributed by atoms with Crippen molar-refractivity contribution >= 4 is 0 Å². The first kappa shape index (κ1) is 14.6. The third kappa shape index (κ3) is 4.44. The molecule has 3 nitrogen and oxygen atoms in total. The molecule has 0 aliphatic carbocycles. The lowest BCUT2D eigenvalue weighted by molar-refractivity contribution is -0.136. The highest BCUT2D eigenvalue weighted by Gasteiger charge is 2.26. The zero-order chi connectivity index (χ0) is 13.6. The molecule has 0 spiro atoms. The van der Waals surface area contributed by atoms with E-state index in [1.807, 2.05) is 0 Å². The van der Waals surface area contributed by atoms with Gasteiger partial charge in [-0.1, -0.05) is 12.1 Å². The van der Waals surface area contributed by atoms with Crippen LogP contribution in [0.4, 0.5) is 13.2 Å². The molecule has 0 aliphatic rings. The van der Waals surface area contributed by atoms with Gasteiger partial charge in [0, 0.05) is 18.5 Å². The summed E-state index contributed by atoms with van der Waals surface area (Å²) in [7, 11) is 1.47. The number of para-hydroxylation sites is 1. The Morgan fingerprint density at radius 3 is 2.56 bits per heavy atom. The average Bonchev–Trinajstić information content (AvgIpc) is 2.33. The first-order chi connectivity index (χ1) is 8.48. The van der Waals surface area contributed by atoms with Crippen molar-refractivity contribution in [3.8, 4) is 11.5 Å². The Balaban J connectivity index is 2.60. The molecule has 18 heavy (non-hydrogen) atoms. The van der Waals surface area contributed by atoms with Crippen LogP contribution in [0.2, 0.25) is 0 Å². The van der Waals surface area contributed by atoms with Crippen LogP contribution in [0, 0.1) is 0 Å². The fourth-order valence-corrected chi connectivity index (χ4v) is 1.49. The van der Waals surface area contributed by atoms with Crippen molar-refractivity contribution in [2.75, 3.05) is 13.7 Å². The minimum Gasteiger partial charge on any atom is -0.493 e. The van der Waals surface area contributed by atoms with Crippen LogP contribution in [-0.4, -0.2) is 19.9 Å². The quantitative estimate of drug-likeness (QED) is 0.803. The van der Waals surface area contributed by atoms with Gasteiger partial charge in [0.2, 0.25) is 0 Å². The van der Waals surface area contributed by atoms with E-state index < -0.39 is 12.6 Å². The molecule has 1 aromatic carbocycles. The predicted octanol–water partition coefficient (Wildman–Crippen LogP) is 2.88. The molecule has 0 fully saturated rings. The Hall–Kier alpha value is -1.43. The molecule has 6 heteroatoms. The van der Waals surface area contributed by atoms with E-state index in [4.69, 9.17) is 15.2 Å². The van der Waals surface area contributed by atoms with Crippen molar-refractivity contribution in [3.05, 3.63) is 23.8 Å². The second-order valence-electron chi connectivity index (χ2n) is 3.72. The Labute approximate surface area is 104 Å². The topological polar surface area (TPSA) is 44.5 Å². The van der Waals surface area contributed by atoms with Crippen molar-refractivity contribution in [2.24, 2.45) is 5.73 Å². The number of hydrogen-bond donors (Lipinski definition) is 1. The lowest BCUT2D eigenvalue weighted by Gasteiger charge is -2.14. The van der Waals surface area contributed by atoms with Crippen molar-refractivity contribution in [1.82, 2.24) is 0 Å². The number of methoxy groups -OCH3 is 1. The van der Waals surface area contributed by atoms with Gasteiger partial charge in [-0.3, -0.25) is 0 Å². The van der Waals surface area contributed by atoms with Crippen LogP contribution in [0.5, 0.6) is 11.5 Å². The van der Waals surface area contributed by atoms with Crippen LogP contribution in [0.15, 0.2) is 18.2 Å². The van der Waals surface area contributed by atoms with Gasteiger partial charge in [0.25, 0.3) is 0 Å². The second-order valence-corrected chi connectivity index (χ2v) is 3.72. The molecule has 2 N–H and O–H groups in total. The maximum atomic E-state index is 12.0. The van der Waals surface area contributed by atoms with Crippen LogP contribution < -0.4 is 15.2 Å². The van der Waals surface area contributed by atoms with Crippen LogP contribution in [0.25, 0.3) is 0 Å². The summed E-state index contributed by atoms with van der Waals surface area (Å²) in [5, 5.41) is 0. The van der Waals surface area contributed by atoms with Gasteiger partial charge in [0.15, 0.2) is 11.5 Å². The maximum Gasteiger partial charge on any atom is 0.389 e. The molecule has 1 aromatic rings. The van der Waals surface area contributed by atoms with Gasteiger partial charge in [-0.15, -0.1) is 0 Å². The summed E-state index contributed by atoms with van der Waals surface area (Å²) in [6, 6.07) is 5.18. The van der Waals surface area contributed by atoms with Crippen LogP contribution in [-0.2, 0) is 6.54 Å². The summed E-state index contributed by atoms with van der Waals surface area (Å²) in [5.41, 5.74) is 6.24. The standard InChI is InChI=1S/C12H16F3NO2/c1-17-10-5-2-4-9(8-16)11(10)18-7-3-6-12(13,14)15/h2,4-5H,3,6-8,16H2,1H3. The number of nitrogens with two attached hydrogens (primary N) is 1. The molecule has 0 radical (unpaired) electrons. The molecule has 0 bridgehead atoms. The van der Waals surface area contributed by atoms with Gasteiger partial charge >= 0.3 is 6.18 Å². The van der Waals surface area contributed by atoms with Crippen molar-refractivity contribution in [3.63, 3.8) is 0 Å². The second kappa shape index (κ2) is 6.49. The molecule has 0 aliphatic heterocycles. The van der Waals surface area contributed by atoms with E-state index in [2.05, 4.69) is 0 Å². The minimum atomic E-state index is -4.15. The number of rotatable bonds is 6. The van der Waals surface area contributed by atoms with E-state index in [0.717, 1.165) is 0 Å². The summed E-state index contributed by atoms with van der Waals surface area (Å²) >= 11 is 0. The highest BCUT2D eigenvalue weighted by atomic mass is 19.4. The first-order valence-electron chi connectivity index (χ1n) is 5.53. The Morgan fingerprint density at radius 2 is 2.00 bits per heavy atom. The molecule has 0 aromatic heterocycles. The third-order valence-electron chi connectivity index (χ3n) is 2.35. The molecule has 0 saturated heterocycles. The molecule has 0 heterocycles. The molecule has 102 valence electrons. The fraction of sp³-hybridized carbons (Fsp3) is 0.500. The maximum absolute atomic E-state index is 12.0. The fourth-order valence-electron chi connectivity index (χ4n) is 1.49. The monoisotopic (exact) mass is 263 g/mol. The molecular weight excluding hydrogens is 247 g/mol. The molecular formula is C12H16F3NO2. The average molecular weight is 263 g/mol. The normalized spacial score (nSPS) is 11.4. The largest absolute Gasteiger partial charge is 0.493 e.